The Balaban J connectivity index is 1.47. The van der Waals surface area contributed by atoms with E-state index in [4.69, 9.17) is 0 Å². The number of carbonyl (C=O) groups excluding carboxylic acids is 3. The molecule has 0 aliphatic carbocycles. The number of hydrogen-bond acceptors (Lipinski definition) is 12. The molecule has 2 aromatic heterocycles. The first-order valence-electron chi connectivity index (χ1n) is 8.28. The lowest BCUT2D eigenvalue weighted by Gasteiger charge is -2.49. The first-order valence-corrected chi connectivity index (χ1v) is 11.0. The molecule has 15 heteroatoms. The van der Waals surface area contributed by atoms with Gasteiger partial charge >= 0.3 is 0 Å². The molecule has 1 fully saturated rings. The van der Waals surface area contributed by atoms with E-state index in [1.165, 1.54) is 39.0 Å². The zero-order chi connectivity index (χ0) is 20.5. The van der Waals surface area contributed by atoms with Crippen LogP contribution in [0.5, 0.6) is 0 Å². The molecule has 2 amide bonds. The third-order valence-electron chi connectivity index (χ3n) is 4.13. The van der Waals surface area contributed by atoms with Gasteiger partial charge in [0.1, 0.15) is 35.0 Å². The highest BCUT2D eigenvalue weighted by atomic mass is 32.2. The van der Waals surface area contributed by atoms with Gasteiger partial charge in [-0.2, -0.15) is 0 Å². The van der Waals surface area contributed by atoms with Crippen LogP contribution in [-0.2, 0) is 20.9 Å². The Labute approximate surface area is 176 Å². The minimum absolute atomic E-state index is 0.121. The van der Waals surface area contributed by atoms with E-state index in [2.05, 4.69) is 31.0 Å². The van der Waals surface area contributed by atoms with Gasteiger partial charge in [0.15, 0.2) is 4.34 Å². The third-order valence-corrected chi connectivity index (χ3v) is 7.24. The molecule has 0 spiro atoms. The fourth-order valence-electron chi connectivity index (χ4n) is 2.86. The molecule has 0 unspecified atom stereocenters. The van der Waals surface area contributed by atoms with Crippen LogP contribution >= 0.6 is 34.9 Å². The van der Waals surface area contributed by atoms with Gasteiger partial charge in [0.25, 0.3) is 5.91 Å². The first-order chi connectivity index (χ1) is 14.0. The largest absolute Gasteiger partial charge is 0.392 e. The smallest absolute Gasteiger partial charge is 0.253 e. The standard InChI is InChI=1S/C14H14N8O4S3/c1-6-17-18-14(28-6)29-13(26)10-7(3-23)4-27-12-9(11(25)22(10)12)16-8(24)2-21-5-15-19-20-21/h5,9,12,23H,2-4H2,1H3,(H,16,24)/t9-,12-/m1/s1. The van der Waals surface area contributed by atoms with Gasteiger partial charge < -0.3 is 10.4 Å². The van der Waals surface area contributed by atoms with Crippen molar-refractivity contribution in [3.05, 3.63) is 22.6 Å². The number of carbonyl (C=O) groups is 3. The number of aromatic nitrogens is 6. The van der Waals surface area contributed by atoms with Gasteiger partial charge in [-0.1, -0.05) is 11.3 Å². The van der Waals surface area contributed by atoms with Crippen LogP contribution < -0.4 is 5.32 Å². The molecular formula is C14H14N8O4S3. The number of hydrogen-bond donors (Lipinski definition) is 2. The van der Waals surface area contributed by atoms with Gasteiger partial charge in [-0.25, -0.2) is 4.68 Å². The summed E-state index contributed by atoms with van der Waals surface area (Å²) in [4.78, 5) is 39.1. The summed E-state index contributed by atoms with van der Waals surface area (Å²) >= 11 is 3.52. The normalized spacial score (nSPS) is 21.0. The predicted octanol–water partition coefficient (Wildman–Crippen LogP) is -1.20. The molecule has 2 atom stereocenters. The van der Waals surface area contributed by atoms with Crippen LogP contribution in [0, 0.1) is 6.92 Å². The molecule has 2 aliphatic rings. The fourth-order valence-corrected chi connectivity index (χ4v) is 5.95. The summed E-state index contributed by atoms with van der Waals surface area (Å²) in [5.41, 5.74) is 0.627. The van der Waals surface area contributed by atoms with Crippen LogP contribution in [0.2, 0.25) is 0 Å². The van der Waals surface area contributed by atoms with Crippen molar-refractivity contribution in [2.24, 2.45) is 0 Å². The molecular weight excluding hydrogens is 440 g/mol. The molecule has 2 aromatic rings. The average molecular weight is 455 g/mol. The van der Waals surface area contributed by atoms with Crippen molar-refractivity contribution in [3.8, 4) is 0 Å². The lowest BCUT2D eigenvalue weighted by Crippen LogP contribution is -2.70. The molecule has 0 aromatic carbocycles. The molecule has 2 aliphatic heterocycles. The van der Waals surface area contributed by atoms with Gasteiger partial charge in [-0.05, 0) is 34.7 Å². The number of nitrogens with zero attached hydrogens (tertiary/aromatic N) is 7. The number of thioether (sulfide) groups is 2. The molecule has 12 nitrogen and oxygen atoms in total. The van der Waals surface area contributed by atoms with Crippen molar-refractivity contribution in [2.45, 2.75) is 29.2 Å². The fraction of sp³-hybridized carbons (Fsp3) is 0.429. The summed E-state index contributed by atoms with van der Waals surface area (Å²) in [6.07, 6.45) is 1.29. The monoisotopic (exact) mass is 454 g/mol. The van der Waals surface area contributed by atoms with Crippen molar-refractivity contribution in [2.75, 3.05) is 12.4 Å². The molecule has 0 bridgehead atoms. The van der Waals surface area contributed by atoms with Gasteiger partial charge in [-0.3, -0.25) is 19.3 Å². The zero-order valence-corrected chi connectivity index (χ0v) is 17.3. The summed E-state index contributed by atoms with van der Waals surface area (Å²) in [5.74, 6) is -0.448. The second kappa shape index (κ2) is 8.17. The van der Waals surface area contributed by atoms with Gasteiger partial charge in [0.2, 0.25) is 11.0 Å². The van der Waals surface area contributed by atoms with E-state index in [1.807, 2.05) is 0 Å². The van der Waals surface area contributed by atoms with E-state index in [0.29, 0.717) is 15.7 Å². The Hall–Kier alpha value is -2.36. The number of aryl methyl sites for hydroxylation is 1. The molecule has 4 rings (SSSR count). The predicted molar refractivity (Wildman–Crippen MR) is 102 cm³/mol. The molecule has 0 saturated carbocycles. The number of rotatable bonds is 6. The SMILES string of the molecule is Cc1nnc(SC(=O)C2=C(CO)CS[C@@H]3[C@H](NC(=O)Cn4cnnn4)C(=O)N23)s1. The van der Waals surface area contributed by atoms with Gasteiger partial charge in [0.05, 0.1) is 6.61 Å². The number of amides is 2. The van der Waals surface area contributed by atoms with Crippen LogP contribution in [-0.4, -0.2) is 81.1 Å². The minimum Gasteiger partial charge on any atom is -0.392 e. The maximum atomic E-state index is 12.8. The van der Waals surface area contributed by atoms with E-state index in [9.17, 15) is 19.5 Å². The summed E-state index contributed by atoms with van der Waals surface area (Å²) in [5, 5.41) is 30.5. The van der Waals surface area contributed by atoms with E-state index in [-0.39, 0.29) is 24.0 Å². The maximum Gasteiger partial charge on any atom is 0.253 e. The summed E-state index contributed by atoms with van der Waals surface area (Å²) in [6, 6.07) is -0.763. The zero-order valence-electron chi connectivity index (χ0n) is 14.9. The Bertz CT molecular complexity index is 991. The Kier molecular flexibility index (Phi) is 5.62. The number of fused-ring (bicyclic) bond motifs is 1. The van der Waals surface area contributed by atoms with Crippen molar-refractivity contribution < 1.29 is 19.5 Å². The molecule has 2 N–H and O–H groups in total. The van der Waals surface area contributed by atoms with Crippen molar-refractivity contribution in [1.82, 2.24) is 40.6 Å². The number of aliphatic hydroxyl groups is 1. The highest BCUT2D eigenvalue weighted by Crippen LogP contribution is 2.42. The Morgan fingerprint density at radius 1 is 1.41 bits per heavy atom. The summed E-state index contributed by atoms with van der Waals surface area (Å²) in [7, 11) is 0. The lowest BCUT2D eigenvalue weighted by molar-refractivity contribution is -0.147. The van der Waals surface area contributed by atoms with Gasteiger partial charge in [-0.15, -0.1) is 27.1 Å². The number of β-lactam (4-membered cyclic amide) rings is 1. The topological polar surface area (TPSA) is 156 Å². The molecule has 0 radical (unpaired) electrons. The number of tetrazole rings is 1. The van der Waals surface area contributed by atoms with Crippen LogP contribution in [0.3, 0.4) is 0 Å². The second-order valence-electron chi connectivity index (χ2n) is 6.05. The van der Waals surface area contributed by atoms with Crippen LogP contribution in [0.15, 0.2) is 21.9 Å². The van der Waals surface area contributed by atoms with Crippen molar-refractivity contribution in [3.63, 3.8) is 0 Å². The highest BCUT2D eigenvalue weighted by Gasteiger charge is 2.54. The van der Waals surface area contributed by atoms with Crippen LogP contribution in [0.1, 0.15) is 5.01 Å². The molecule has 29 heavy (non-hydrogen) atoms. The minimum atomic E-state index is -0.763. The van der Waals surface area contributed by atoms with Crippen LogP contribution in [0.25, 0.3) is 0 Å². The van der Waals surface area contributed by atoms with Crippen molar-refractivity contribution in [1.29, 1.82) is 0 Å². The number of aliphatic hydroxyl groups excluding tert-OH is 1. The Morgan fingerprint density at radius 2 is 2.24 bits per heavy atom. The summed E-state index contributed by atoms with van der Waals surface area (Å²) in [6.45, 7) is 1.32. The van der Waals surface area contributed by atoms with E-state index >= 15 is 0 Å². The third kappa shape index (κ3) is 3.90. The highest BCUT2D eigenvalue weighted by molar-refractivity contribution is 8.15. The van der Waals surface area contributed by atoms with E-state index < -0.39 is 23.2 Å². The quantitative estimate of drug-likeness (QED) is 0.399. The Morgan fingerprint density at radius 3 is 2.90 bits per heavy atom. The first kappa shape index (κ1) is 19.9. The molecule has 4 heterocycles. The number of nitrogens with one attached hydrogen (secondary N) is 1. The lowest BCUT2D eigenvalue weighted by atomic mass is 10.0. The maximum absolute atomic E-state index is 12.8. The molecule has 1 saturated heterocycles. The van der Waals surface area contributed by atoms with Crippen molar-refractivity contribution >= 4 is 51.8 Å². The van der Waals surface area contributed by atoms with E-state index in [1.54, 1.807) is 6.92 Å². The second-order valence-corrected chi connectivity index (χ2v) is 9.56. The average Bonchev–Trinajstić information content (AvgIpc) is 3.36. The van der Waals surface area contributed by atoms with Crippen LogP contribution in [0.4, 0.5) is 0 Å². The van der Waals surface area contributed by atoms with Gasteiger partial charge in [0, 0.05) is 5.75 Å². The van der Waals surface area contributed by atoms with E-state index in [0.717, 1.165) is 16.8 Å². The summed E-state index contributed by atoms with van der Waals surface area (Å²) < 4.78 is 1.70. The molecule has 152 valence electrons.